The van der Waals surface area contributed by atoms with Gasteiger partial charge in [-0.3, -0.25) is 0 Å². The molecular weight excluding hydrogens is 226 g/mol. The molecule has 0 radical (unpaired) electrons. The standard InChI is InChI=1S/C15H23NO2/c1-2-15(13-8-10-17-12-13)16-9-11-18-14-6-4-3-5-7-14/h3-7,13,15-16H,2,8-12H2,1H3. The van der Waals surface area contributed by atoms with Crippen molar-refractivity contribution in [3.8, 4) is 5.75 Å². The van der Waals surface area contributed by atoms with Gasteiger partial charge in [0.2, 0.25) is 0 Å². The second-order valence-electron chi connectivity index (χ2n) is 4.75. The van der Waals surface area contributed by atoms with Gasteiger partial charge in [-0.25, -0.2) is 0 Å². The lowest BCUT2D eigenvalue weighted by atomic mass is 9.97. The van der Waals surface area contributed by atoms with Gasteiger partial charge in [-0.1, -0.05) is 25.1 Å². The Bertz CT molecular complexity index is 323. The fraction of sp³-hybridized carbons (Fsp3) is 0.600. The van der Waals surface area contributed by atoms with E-state index in [-0.39, 0.29) is 0 Å². The summed E-state index contributed by atoms with van der Waals surface area (Å²) in [6, 6.07) is 10.5. The fourth-order valence-electron chi connectivity index (χ4n) is 2.44. The van der Waals surface area contributed by atoms with Gasteiger partial charge in [0.15, 0.2) is 0 Å². The van der Waals surface area contributed by atoms with Crippen molar-refractivity contribution >= 4 is 0 Å². The van der Waals surface area contributed by atoms with Crippen LogP contribution in [0.3, 0.4) is 0 Å². The van der Waals surface area contributed by atoms with Gasteiger partial charge in [0, 0.05) is 19.2 Å². The predicted octanol–water partition coefficient (Wildman–Crippen LogP) is 2.47. The van der Waals surface area contributed by atoms with E-state index in [1.54, 1.807) is 0 Å². The van der Waals surface area contributed by atoms with Gasteiger partial charge in [-0.15, -0.1) is 0 Å². The maximum atomic E-state index is 5.67. The highest BCUT2D eigenvalue weighted by atomic mass is 16.5. The minimum absolute atomic E-state index is 0.562. The van der Waals surface area contributed by atoms with Gasteiger partial charge < -0.3 is 14.8 Å². The molecule has 2 rings (SSSR count). The molecule has 2 atom stereocenters. The zero-order valence-corrected chi connectivity index (χ0v) is 11.1. The van der Waals surface area contributed by atoms with Crippen molar-refractivity contribution in [1.29, 1.82) is 0 Å². The van der Waals surface area contributed by atoms with Crippen LogP contribution in [0.2, 0.25) is 0 Å². The number of nitrogens with one attached hydrogen (secondary N) is 1. The van der Waals surface area contributed by atoms with Crippen molar-refractivity contribution in [2.24, 2.45) is 5.92 Å². The molecule has 0 aromatic heterocycles. The molecular formula is C15H23NO2. The number of hydrogen-bond donors (Lipinski definition) is 1. The lowest BCUT2D eigenvalue weighted by Crippen LogP contribution is -2.38. The molecule has 1 fully saturated rings. The van der Waals surface area contributed by atoms with Gasteiger partial charge in [-0.2, -0.15) is 0 Å². The van der Waals surface area contributed by atoms with E-state index in [0.717, 1.165) is 31.9 Å². The Hall–Kier alpha value is -1.06. The van der Waals surface area contributed by atoms with Crippen LogP contribution in [0.5, 0.6) is 5.75 Å². The third-order valence-corrected chi connectivity index (χ3v) is 3.49. The Balaban J connectivity index is 1.64. The second kappa shape index (κ2) is 7.39. The lowest BCUT2D eigenvalue weighted by molar-refractivity contribution is 0.174. The van der Waals surface area contributed by atoms with Crippen LogP contribution in [0, 0.1) is 5.92 Å². The highest BCUT2D eigenvalue weighted by Crippen LogP contribution is 2.18. The summed E-state index contributed by atoms with van der Waals surface area (Å²) >= 11 is 0. The van der Waals surface area contributed by atoms with E-state index in [0.29, 0.717) is 18.6 Å². The molecule has 2 unspecified atom stereocenters. The van der Waals surface area contributed by atoms with Crippen LogP contribution in [0.4, 0.5) is 0 Å². The number of rotatable bonds is 7. The molecule has 3 heteroatoms. The Labute approximate surface area is 109 Å². The van der Waals surface area contributed by atoms with E-state index in [1.165, 1.54) is 6.42 Å². The van der Waals surface area contributed by atoms with Crippen LogP contribution in [0.15, 0.2) is 30.3 Å². The molecule has 1 aliphatic heterocycles. The molecule has 1 aliphatic rings. The molecule has 0 bridgehead atoms. The molecule has 0 saturated carbocycles. The molecule has 18 heavy (non-hydrogen) atoms. The summed E-state index contributed by atoms with van der Waals surface area (Å²) in [6.07, 6.45) is 2.34. The number of benzene rings is 1. The van der Waals surface area contributed by atoms with Gasteiger partial charge in [0.25, 0.3) is 0 Å². The third-order valence-electron chi connectivity index (χ3n) is 3.49. The molecule has 1 aromatic carbocycles. The molecule has 1 aromatic rings. The summed E-state index contributed by atoms with van der Waals surface area (Å²) < 4.78 is 11.1. The number of hydrogen-bond acceptors (Lipinski definition) is 3. The molecule has 1 saturated heterocycles. The van der Waals surface area contributed by atoms with Crippen molar-refractivity contribution in [3.05, 3.63) is 30.3 Å². The normalized spacial score (nSPS) is 20.8. The Kier molecular flexibility index (Phi) is 5.49. The first kappa shape index (κ1) is 13.4. The molecule has 1 N–H and O–H groups in total. The molecule has 0 amide bonds. The van der Waals surface area contributed by atoms with Crippen molar-refractivity contribution in [2.45, 2.75) is 25.8 Å². The highest BCUT2D eigenvalue weighted by molar-refractivity contribution is 5.20. The zero-order valence-electron chi connectivity index (χ0n) is 11.1. The van der Waals surface area contributed by atoms with Gasteiger partial charge in [0.05, 0.1) is 6.61 Å². The largest absolute Gasteiger partial charge is 0.492 e. The maximum Gasteiger partial charge on any atom is 0.119 e. The third kappa shape index (κ3) is 4.00. The summed E-state index contributed by atoms with van der Waals surface area (Å²) in [4.78, 5) is 0. The van der Waals surface area contributed by atoms with Crippen LogP contribution in [0.25, 0.3) is 0 Å². The number of para-hydroxylation sites is 1. The quantitative estimate of drug-likeness (QED) is 0.753. The lowest BCUT2D eigenvalue weighted by Gasteiger charge is -2.22. The average molecular weight is 249 g/mol. The first-order valence-corrected chi connectivity index (χ1v) is 6.89. The topological polar surface area (TPSA) is 30.5 Å². The average Bonchev–Trinajstić information content (AvgIpc) is 2.94. The van der Waals surface area contributed by atoms with Gasteiger partial charge in [0.1, 0.15) is 12.4 Å². The first-order chi connectivity index (χ1) is 8.90. The minimum atomic E-state index is 0.562. The van der Waals surface area contributed by atoms with Crippen molar-refractivity contribution in [3.63, 3.8) is 0 Å². The van der Waals surface area contributed by atoms with E-state index in [2.05, 4.69) is 12.2 Å². The Morgan fingerprint density at radius 3 is 2.89 bits per heavy atom. The smallest absolute Gasteiger partial charge is 0.119 e. The first-order valence-electron chi connectivity index (χ1n) is 6.89. The Morgan fingerprint density at radius 1 is 1.39 bits per heavy atom. The van der Waals surface area contributed by atoms with E-state index < -0.39 is 0 Å². The van der Waals surface area contributed by atoms with E-state index >= 15 is 0 Å². The van der Waals surface area contributed by atoms with E-state index in [9.17, 15) is 0 Å². The fourth-order valence-corrected chi connectivity index (χ4v) is 2.44. The SMILES string of the molecule is CCC(NCCOc1ccccc1)C1CCOC1. The van der Waals surface area contributed by atoms with Crippen LogP contribution >= 0.6 is 0 Å². The molecule has 0 spiro atoms. The van der Waals surface area contributed by atoms with Gasteiger partial charge >= 0.3 is 0 Å². The summed E-state index contributed by atoms with van der Waals surface area (Å²) in [5.41, 5.74) is 0. The van der Waals surface area contributed by atoms with Crippen LogP contribution < -0.4 is 10.1 Å². The van der Waals surface area contributed by atoms with Gasteiger partial charge in [-0.05, 0) is 30.9 Å². The van der Waals surface area contributed by atoms with Crippen molar-refractivity contribution in [1.82, 2.24) is 5.32 Å². The molecule has 3 nitrogen and oxygen atoms in total. The molecule has 0 aliphatic carbocycles. The van der Waals surface area contributed by atoms with Crippen molar-refractivity contribution < 1.29 is 9.47 Å². The predicted molar refractivity (Wildman–Crippen MR) is 72.9 cm³/mol. The highest BCUT2D eigenvalue weighted by Gasteiger charge is 2.23. The summed E-state index contributed by atoms with van der Waals surface area (Å²) in [5, 5.41) is 3.58. The summed E-state index contributed by atoms with van der Waals surface area (Å²) in [6.45, 7) is 5.67. The van der Waals surface area contributed by atoms with Crippen LogP contribution in [-0.4, -0.2) is 32.4 Å². The van der Waals surface area contributed by atoms with Crippen LogP contribution in [-0.2, 0) is 4.74 Å². The monoisotopic (exact) mass is 249 g/mol. The maximum absolute atomic E-state index is 5.67. The second-order valence-corrected chi connectivity index (χ2v) is 4.75. The summed E-state index contributed by atoms with van der Waals surface area (Å²) in [5.74, 6) is 1.61. The number of ether oxygens (including phenoxy) is 2. The molecule has 100 valence electrons. The van der Waals surface area contributed by atoms with E-state index in [1.807, 2.05) is 30.3 Å². The Morgan fingerprint density at radius 2 is 2.22 bits per heavy atom. The zero-order chi connectivity index (χ0) is 12.6. The van der Waals surface area contributed by atoms with Crippen molar-refractivity contribution in [2.75, 3.05) is 26.4 Å². The van der Waals surface area contributed by atoms with E-state index in [4.69, 9.17) is 9.47 Å². The van der Waals surface area contributed by atoms with Crippen LogP contribution in [0.1, 0.15) is 19.8 Å². The summed E-state index contributed by atoms with van der Waals surface area (Å²) in [7, 11) is 0. The molecule has 1 heterocycles. The minimum Gasteiger partial charge on any atom is -0.492 e.